The predicted octanol–water partition coefficient (Wildman–Crippen LogP) is 2.41. The predicted molar refractivity (Wildman–Crippen MR) is 95.5 cm³/mol. The quantitative estimate of drug-likeness (QED) is 0.338. The molecule has 30 heavy (non-hydrogen) atoms. The van der Waals surface area contributed by atoms with E-state index in [4.69, 9.17) is 0 Å². The molecule has 0 atom stereocenters. The summed E-state index contributed by atoms with van der Waals surface area (Å²) in [6, 6.07) is 8.17. The van der Waals surface area contributed by atoms with E-state index in [1.54, 1.807) is 0 Å². The Hall–Kier alpha value is -4.69. The second-order valence-corrected chi connectivity index (χ2v) is 7.60. The number of nitro groups is 3. The first-order valence-electron chi connectivity index (χ1n) is 7.61. The number of fused-ring (bicyclic) bond motifs is 2. The highest BCUT2D eigenvalue weighted by atomic mass is 32.2. The highest BCUT2D eigenvalue weighted by Crippen LogP contribution is 2.52. The molecule has 0 spiro atoms. The third-order valence-electron chi connectivity index (χ3n) is 4.24. The Kier molecular flexibility index (Phi) is 4.50. The van der Waals surface area contributed by atoms with Crippen molar-refractivity contribution in [3.63, 3.8) is 0 Å². The van der Waals surface area contributed by atoms with Crippen molar-refractivity contribution in [2.45, 2.75) is 9.79 Å². The van der Waals surface area contributed by atoms with Gasteiger partial charge in [-0.15, -0.1) is 0 Å². The van der Waals surface area contributed by atoms with Gasteiger partial charge in [-0.1, -0.05) is 18.2 Å². The fraction of sp³-hybridized carbons (Fsp3) is 0. The lowest BCUT2D eigenvalue weighted by Crippen LogP contribution is -2.18. The van der Waals surface area contributed by atoms with Crippen LogP contribution in [0.2, 0.25) is 0 Å². The SMILES string of the molecule is N#CC(C#N)=C1c2ccccc2S(=O)(=O)c2cc([N+](=O)[O-])c([N+](=O)[O-])c([N+](=O)[O-])c21. The molecule has 1 aliphatic rings. The number of allylic oxidation sites excluding steroid dienone is 1. The number of hydrogen-bond donors (Lipinski definition) is 0. The first kappa shape index (κ1) is 20.1. The van der Waals surface area contributed by atoms with Gasteiger partial charge in [0.15, 0.2) is 0 Å². The lowest BCUT2D eigenvalue weighted by molar-refractivity contribution is -0.441. The van der Waals surface area contributed by atoms with E-state index in [9.17, 15) is 49.3 Å². The van der Waals surface area contributed by atoms with E-state index >= 15 is 0 Å². The summed E-state index contributed by atoms with van der Waals surface area (Å²) in [4.78, 5) is 29.0. The van der Waals surface area contributed by atoms with Gasteiger partial charge in [0.1, 0.15) is 17.7 Å². The van der Waals surface area contributed by atoms with Crippen LogP contribution in [0.5, 0.6) is 0 Å². The van der Waals surface area contributed by atoms with Crippen LogP contribution in [0.15, 0.2) is 45.7 Å². The smallest absolute Gasteiger partial charge is 0.258 e. The van der Waals surface area contributed by atoms with Crippen LogP contribution >= 0.6 is 0 Å². The molecule has 0 saturated heterocycles. The Morgan fingerprint density at radius 2 is 1.43 bits per heavy atom. The number of benzene rings is 2. The minimum atomic E-state index is -4.62. The van der Waals surface area contributed by atoms with Gasteiger partial charge in [-0.05, 0) is 6.07 Å². The van der Waals surface area contributed by atoms with Gasteiger partial charge in [-0.2, -0.15) is 10.5 Å². The lowest BCUT2D eigenvalue weighted by atomic mass is 9.91. The van der Waals surface area contributed by atoms with Gasteiger partial charge in [0, 0.05) is 17.2 Å². The van der Waals surface area contributed by atoms with Crippen molar-refractivity contribution in [2.75, 3.05) is 0 Å². The molecule has 2 aromatic rings. The zero-order valence-electron chi connectivity index (χ0n) is 14.3. The molecule has 0 fully saturated rings. The number of sulfone groups is 1. The minimum absolute atomic E-state index is 0.269. The van der Waals surface area contributed by atoms with Gasteiger partial charge in [0.25, 0.3) is 0 Å². The van der Waals surface area contributed by atoms with Gasteiger partial charge < -0.3 is 0 Å². The van der Waals surface area contributed by atoms with Crippen molar-refractivity contribution in [3.8, 4) is 12.1 Å². The lowest BCUT2D eigenvalue weighted by Gasteiger charge is -2.22. The van der Waals surface area contributed by atoms with Crippen molar-refractivity contribution in [3.05, 3.63) is 77.4 Å². The average molecular weight is 427 g/mol. The molecule has 1 aliphatic heterocycles. The molecule has 0 aromatic heterocycles. The van der Waals surface area contributed by atoms with Crippen LogP contribution in [0.4, 0.5) is 17.1 Å². The number of nitriles is 2. The maximum absolute atomic E-state index is 13.1. The second-order valence-electron chi connectivity index (χ2n) is 5.71. The topological polar surface area (TPSA) is 211 Å². The number of rotatable bonds is 3. The molecule has 0 amide bonds. The van der Waals surface area contributed by atoms with Crippen LogP contribution in [0, 0.1) is 53.0 Å². The zero-order valence-corrected chi connectivity index (χ0v) is 15.1. The van der Waals surface area contributed by atoms with Crippen LogP contribution in [0.3, 0.4) is 0 Å². The van der Waals surface area contributed by atoms with E-state index in [0.29, 0.717) is 6.07 Å². The van der Waals surface area contributed by atoms with E-state index in [1.807, 2.05) is 0 Å². The Morgan fingerprint density at radius 1 is 0.867 bits per heavy atom. The molecule has 14 heteroatoms. The minimum Gasteiger partial charge on any atom is -0.258 e. The molecule has 0 radical (unpaired) electrons. The molecule has 13 nitrogen and oxygen atoms in total. The van der Waals surface area contributed by atoms with Crippen molar-refractivity contribution in [2.24, 2.45) is 0 Å². The maximum atomic E-state index is 13.1. The second kappa shape index (κ2) is 6.73. The molecule has 0 aliphatic carbocycles. The van der Waals surface area contributed by atoms with Crippen molar-refractivity contribution >= 4 is 32.5 Å². The molecule has 2 aromatic carbocycles. The van der Waals surface area contributed by atoms with E-state index in [2.05, 4.69) is 0 Å². The van der Waals surface area contributed by atoms with E-state index < -0.39 is 68.2 Å². The molecule has 0 N–H and O–H groups in total. The summed E-state index contributed by atoms with van der Waals surface area (Å²) in [5.74, 6) is 0. The van der Waals surface area contributed by atoms with Gasteiger partial charge in [0.2, 0.25) is 9.84 Å². The van der Waals surface area contributed by atoms with Crippen molar-refractivity contribution < 1.29 is 23.2 Å². The van der Waals surface area contributed by atoms with Crippen LogP contribution in [0.1, 0.15) is 11.1 Å². The third-order valence-corrected chi connectivity index (χ3v) is 6.07. The van der Waals surface area contributed by atoms with Crippen LogP contribution < -0.4 is 0 Å². The van der Waals surface area contributed by atoms with Crippen LogP contribution in [0.25, 0.3) is 5.57 Å². The Balaban J connectivity index is 2.77. The summed E-state index contributed by atoms with van der Waals surface area (Å²) in [7, 11) is -4.62. The van der Waals surface area contributed by atoms with Crippen molar-refractivity contribution in [1.29, 1.82) is 10.5 Å². The van der Waals surface area contributed by atoms with Gasteiger partial charge in [0.05, 0.1) is 30.1 Å². The van der Waals surface area contributed by atoms with E-state index in [1.165, 1.54) is 24.3 Å². The fourth-order valence-electron chi connectivity index (χ4n) is 3.13. The summed E-state index contributed by atoms with van der Waals surface area (Å²) in [6.07, 6.45) is 0. The van der Waals surface area contributed by atoms with Gasteiger partial charge in [-0.25, -0.2) is 8.42 Å². The normalized spacial score (nSPS) is 13.2. The van der Waals surface area contributed by atoms with Gasteiger partial charge in [-0.3, -0.25) is 30.3 Å². The standard InChI is InChI=1S/C16H5N5O8S/c17-6-8(7-18)13-9-3-1-2-4-11(9)30(28,29)12-5-10(19(22)23)15(20(24)25)16(14(12)13)21(26)27/h1-5H. The Bertz CT molecular complexity index is 1400. The fourth-order valence-corrected chi connectivity index (χ4v) is 4.82. The summed E-state index contributed by atoms with van der Waals surface area (Å²) in [5.41, 5.74) is -6.96. The molecule has 0 saturated carbocycles. The van der Waals surface area contributed by atoms with Crippen LogP contribution in [-0.2, 0) is 9.84 Å². The first-order valence-corrected chi connectivity index (χ1v) is 9.09. The van der Waals surface area contributed by atoms with Gasteiger partial charge >= 0.3 is 17.1 Å². The molecular formula is C16H5N5O8S. The molecule has 3 rings (SSSR count). The highest BCUT2D eigenvalue weighted by Gasteiger charge is 2.48. The third kappa shape index (κ3) is 2.64. The highest BCUT2D eigenvalue weighted by molar-refractivity contribution is 7.91. The maximum Gasteiger partial charge on any atom is 0.423 e. The monoisotopic (exact) mass is 427 g/mol. The first-order chi connectivity index (χ1) is 14.1. The molecule has 148 valence electrons. The largest absolute Gasteiger partial charge is 0.423 e. The number of nitrogens with zero attached hydrogens (tertiary/aromatic N) is 5. The Labute approximate surface area is 166 Å². The van der Waals surface area contributed by atoms with E-state index in [0.717, 1.165) is 12.1 Å². The molecule has 0 unspecified atom stereocenters. The Morgan fingerprint density at radius 3 is 1.93 bits per heavy atom. The zero-order chi connectivity index (χ0) is 22.4. The number of hydrogen-bond acceptors (Lipinski definition) is 10. The molecule has 1 heterocycles. The number of nitro benzene ring substituents is 3. The molecular weight excluding hydrogens is 422 g/mol. The summed E-state index contributed by atoms with van der Waals surface area (Å²) >= 11 is 0. The van der Waals surface area contributed by atoms with Crippen LogP contribution in [-0.4, -0.2) is 23.2 Å². The average Bonchev–Trinajstić information content (AvgIpc) is 2.69. The molecule has 0 bridgehead atoms. The summed E-state index contributed by atoms with van der Waals surface area (Å²) in [5, 5.41) is 53.2. The summed E-state index contributed by atoms with van der Waals surface area (Å²) < 4.78 is 26.1. The van der Waals surface area contributed by atoms with E-state index in [-0.39, 0.29) is 5.56 Å². The summed E-state index contributed by atoms with van der Waals surface area (Å²) in [6.45, 7) is 0. The van der Waals surface area contributed by atoms with Crippen molar-refractivity contribution in [1.82, 2.24) is 0 Å².